The van der Waals surface area contributed by atoms with Gasteiger partial charge in [0.2, 0.25) is 5.88 Å². The Hall–Kier alpha value is -7.36. The number of morpholine rings is 1. The average molecular weight is 887 g/mol. The van der Waals surface area contributed by atoms with Gasteiger partial charge in [-0.05, 0) is 50.1 Å². The number of alkyl halides is 6. The number of rotatable bonds is 9. The lowest BCUT2D eigenvalue weighted by Crippen LogP contribution is -2.42. The molecule has 16 nitrogen and oxygen atoms in total. The van der Waals surface area contributed by atoms with Crippen molar-refractivity contribution >= 4 is 46.4 Å². The van der Waals surface area contributed by atoms with Crippen molar-refractivity contribution in [2.75, 3.05) is 59.8 Å². The lowest BCUT2D eigenvalue weighted by Gasteiger charge is -2.34. The van der Waals surface area contributed by atoms with E-state index in [0.717, 1.165) is 6.07 Å². The molecule has 2 fully saturated rings. The first-order valence-corrected chi connectivity index (χ1v) is 20.0. The van der Waals surface area contributed by atoms with E-state index in [-0.39, 0.29) is 94.5 Å². The summed E-state index contributed by atoms with van der Waals surface area (Å²) in [7, 11) is 0. The number of hydrogen-bond acceptors (Lipinski definition) is 12. The van der Waals surface area contributed by atoms with Crippen molar-refractivity contribution in [3.8, 4) is 22.9 Å². The Bertz CT molecular complexity index is 2890. The number of anilines is 4. The number of aromatic nitrogens is 8. The van der Waals surface area contributed by atoms with E-state index in [4.69, 9.17) is 9.47 Å². The minimum atomic E-state index is -4.66. The van der Waals surface area contributed by atoms with Crippen LogP contribution in [-0.4, -0.2) is 96.5 Å². The van der Waals surface area contributed by atoms with Crippen LogP contribution in [0, 0.1) is 12.8 Å². The number of pyridine rings is 2. The Balaban J connectivity index is 1.01. The van der Waals surface area contributed by atoms with Crippen molar-refractivity contribution in [1.82, 2.24) is 39.2 Å². The van der Waals surface area contributed by atoms with Gasteiger partial charge in [0.15, 0.2) is 28.6 Å². The van der Waals surface area contributed by atoms with Gasteiger partial charge >= 0.3 is 12.4 Å². The third kappa shape index (κ3) is 8.55. The highest BCUT2D eigenvalue weighted by atomic mass is 19.4. The minimum Gasteiger partial charge on any atom is -0.435 e. The van der Waals surface area contributed by atoms with Gasteiger partial charge < -0.3 is 29.9 Å². The van der Waals surface area contributed by atoms with Gasteiger partial charge in [-0.3, -0.25) is 9.59 Å². The number of hydrogen-bond donors (Lipinski definition) is 2. The number of fused-ring (bicyclic) bond motifs is 2. The number of carbonyl (C=O) groups is 2. The van der Waals surface area contributed by atoms with Crippen LogP contribution in [0.3, 0.4) is 0 Å². The Morgan fingerprint density at radius 1 is 0.797 bits per heavy atom. The van der Waals surface area contributed by atoms with Gasteiger partial charge in [-0.25, -0.2) is 24.0 Å². The van der Waals surface area contributed by atoms with Crippen molar-refractivity contribution in [3.63, 3.8) is 0 Å². The molecular weight excluding hydrogens is 851 g/mol. The maximum absolute atomic E-state index is 13.9. The zero-order valence-electron chi connectivity index (χ0n) is 33.7. The highest BCUT2D eigenvalue weighted by Crippen LogP contribution is 2.38. The van der Waals surface area contributed by atoms with Gasteiger partial charge in [0, 0.05) is 50.1 Å². The molecule has 330 valence electrons. The van der Waals surface area contributed by atoms with Crippen molar-refractivity contribution in [2.45, 2.75) is 32.1 Å². The molecule has 0 aliphatic carbocycles. The second kappa shape index (κ2) is 16.7. The van der Waals surface area contributed by atoms with E-state index in [1.165, 1.54) is 74.9 Å². The van der Waals surface area contributed by atoms with Gasteiger partial charge in [0.1, 0.15) is 23.0 Å². The summed E-state index contributed by atoms with van der Waals surface area (Å²) in [5.74, 6) is -2.15. The molecule has 2 N–H and O–H groups in total. The molecule has 1 unspecified atom stereocenters. The number of amides is 2. The molecule has 0 radical (unpaired) electrons. The van der Waals surface area contributed by atoms with Crippen molar-refractivity contribution < 1.29 is 45.4 Å². The molecule has 2 saturated heterocycles. The highest BCUT2D eigenvalue weighted by Gasteiger charge is 2.42. The fraction of sp³-hybridized carbons (Fsp3) is 0.286. The van der Waals surface area contributed by atoms with E-state index in [0.29, 0.717) is 32.1 Å². The van der Waals surface area contributed by atoms with Gasteiger partial charge in [-0.1, -0.05) is 30.3 Å². The molecule has 64 heavy (non-hydrogen) atoms. The Kier molecular flexibility index (Phi) is 11.0. The largest absolute Gasteiger partial charge is 0.435 e. The first-order chi connectivity index (χ1) is 30.7. The maximum Gasteiger partial charge on any atom is 0.417 e. The second-order valence-electron chi connectivity index (χ2n) is 15.0. The number of nitrogens with one attached hydrogen (secondary N) is 2. The normalized spacial score (nSPS) is 16.0. The predicted octanol–water partition coefficient (Wildman–Crippen LogP) is 7.47. The Labute approximate surface area is 358 Å². The quantitative estimate of drug-likeness (QED) is 0.137. The molecule has 9 rings (SSSR count). The second-order valence-corrected chi connectivity index (χ2v) is 15.0. The van der Waals surface area contributed by atoms with Gasteiger partial charge in [0.25, 0.3) is 11.8 Å². The number of ether oxygens (including phenoxy) is 2. The van der Waals surface area contributed by atoms with Crippen LogP contribution in [0.2, 0.25) is 0 Å². The molecule has 0 saturated carbocycles. The van der Waals surface area contributed by atoms with Crippen molar-refractivity contribution in [1.29, 1.82) is 0 Å². The van der Waals surface area contributed by atoms with E-state index in [2.05, 4.69) is 40.8 Å². The van der Waals surface area contributed by atoms with Crippen LogP contribution in [0.4, 0.5) is 49.6 Å². The van der Waals surface area contributed by atoms with E-state index >= 15 is 0 Å². The van der Waals surface area contributed by atoms with Crippen molar-refractivity contribution in [3.05, 3.63) is 108 Å². The van der Waals surface area contributed by atoms with Gasteiger partial charge in [-0.15, -0.1) is 5.10 Å². The maximum atomic E-state index is 13.9. The third-order valence-corrected chi connectivity index (χ3v) is 10.7. The van der Waals surface area contributed by atoms with Gasteiger partial charge in [0.05, 0.1) is 42.3 Å². The standard InChI is InChI=1S/C42H36F6N12O4/c1-24-36(38-50-28(14-16-59(38)55-24)26-8-2-3-9-27(26)42(46,47)48)40(62)54-32-11-5-13-35(52-32)64-30-21-34(58-15-6-7-25(23-58)41(43,44)45)56-60-29(22-49-37(30)60)39(61)53-31-10-4-12-33(51-31)57-17-19-63-20-18-57/h2-5,8-14,16,21-22,25H,6-7,15,17-20,23H2,1H3,(H,51,53,61)(H,52,54,62). The van der Waals surface area contributed by atoms with E-state index in [1.807, 2.05) is 11.0 Å². The average Bonchev–Trinajstić information content (AvgIpc) is 3.87. The molecule has 1 aromatic carbocycles. The number of piperidine rings is 1. The minimum absolute atomic E-state index is 0.00574. The first kappa shape index (κ1) is 42.0. The first-order valence-electron chi connectivity index (χ1n) is 20.0. The molecule has 6 aromatic heterocycles. The monoisotopic (exact) mass is 886 g/mol. The smallest absolute Gasteiger partial charge is 0.417 e. The molecule has 22 heteroatoms. The summed E-state index contributed by atoms with van der Waals surface area (Å²) in [5, 5.41) is 14.3. The van der Waals surface area contributed by atoms with Gasteiger partial charge in [-0.2, -0.15) is 36.4 Å². The highest BCUT2D eigenvalue weighted by molar-refractivity contribution is 6.09. The molecule has 2 aliphatic rings. The van der Waals surface area contributed by atoms with E-state index < -0.39 is 35.6 Å². The fourth-order valence-electron chi connectivity index (χ4n) is 7.65. The van der Waals surface area contributed by atoms with E-state index in [9.17, 15) is 35.9 Å². The van der Waals surface area contributed by atoms with Crippen LogP contribution < -0.4 is 25.2 Å². The summed E-state index contributed by atoms with van der Waals surface area (Å²) in [5.41, 5.74) is -0.943. The number of nitrogens with zero attached hydrogens (tertiary/aromatic N) is 10. The Morgan fingerprint density at radius 2 is 1.55 bits per heavy atom. The molecule has 0 spiro atoms. The van der Waals surface area contributed by atoms with E-state index in [1.54, 1.807) is 19.1 Å². The summed E-state index contributed by atoms with van der Waals surface area (Å²) >= 11 is 0. The topological polar surface area (TPSA) is 169 Å². The number of carbonyl (C=O) groups excluding carboxylic acids is 2. The lowest BCUT2D eigenvalue weighted by atomic mass is 9.97. The number of benzene rings is 1. The molecule has 0 bridgehead atoms. The molecule has 2 amide bonds. The summed E-state index contributed by atoms with van der Waals surface area (Å²) in [4.78, 5) is 48.9. The number of halogens is 6. The Morgan fingerprint density at radius 3 is 2.33 bits per heavy atom. The summed E-state index contributed by atoms with van der Waals surface area (Å²) < 4.78 is 97.6. The SMILES string of the molecule is Cc1nn2ccc(-c3ccccc3C(F)(F)F)nc2c1C(=O)Nc1cccc(Oc2cc(N3CCCC(C(F)(F)F)C3)nn3c(C(=O)Nc4cccc(N5CCOCC5)n4)cnc23)n1. The molecular formula is C42H36F6N12O4. The summed E-state index contributed by atoms with van der Waals surface area (Å²) in [6.45, 7) is 3.71. The summed E-state index contributed by atoms with van der Waals surface area (Å²) in [6, 6.07) is 17.3. The van der Waals surface area contributed by atoms with Crippen LogP contribution in [0.5, 0.6) is 11.6 Å². The van der Waals surface area contributed by atoms with Crippen LogP contribution in [0.1, 0.15) is 44.9 Å². The zero-order valence-corrected chi connectivity index (χ0v) is 33.7. The van der Waals surface area contributed by atoms with Crippen LogP contribution >= 0.6 is 0 Å². The summed E-state index contributed by atoms with van der Waals surface area (Å²) in [6.07, 6.45) is -6.27. The van der Waals surface area contributed by atoms with Crippen molar-refractivity contribution in [2.24, 2.45) is 5.92 Å². The lowest BCUT2D eigenvalue weighted by molar-refractivity contribution is -0.176. The molecule has 1 atom stereocenters. The van der Waals surface area contributed by atoms with Crippen LogP contribution in [0.15, 0.2) is 85.2 Å². The molecule has 8 heterocycles. The fourth-order valence-corrected chi connectivity index (χ4v) is 7.65. The molecule has 7 aromatic rings. The van der Waals surface area contributed by atoms with Crippen LogP contribution in [-0.2, 0) is 10.9 Å². The third-order valence-electron chi connectivity index (χ3n) is 10.7. The number of imidazole rings is 1. The van der Waals surface area contributed by atoms with Crippen LogP contribution in [0.25, 0.3) is 22.6 Å². The number of aryl methyl sites for hydroxylation is 1. The predicted molar refractivity (Wildman–Crippen MR) is 220 cm³/mol. The zero-order chi connectivity index (χ0) is 44.8. The molecule has 2 aliphatic heterocycles.